The molecule has 0 aromatic heterocycles. The van der Waals surface area contributed by atoms with Crippen LogP contribution in [0, 0.1) is 5.92 Å². The van der Waals surface area contributed by atoms with Crippen LogP contribution in [0.2, 0.25) is 0 Å². The van der Waals surface area contributed by atoms with Crippen molar-refractivity contribution in [1.82, 2.24) is 5.32 Å². The van der Waals surface area contributed by atoms with E-state index in [1.807, 2.05) is 0 Å². The maximum absolute atomic E-state index is 6.01. The molecule has 0 saturated carbocycles. The first kappa shape index (κ1) is 11.4. The van der Waals surface area contributed by atoms with Crippen molar-refractivity contribution >= 4 is 0 Å². The highest BCUT2D eigenvalue weighted by Gasteiger charge is 2.17. The number of hydrogen-bond acceptors (Lipinski definition) is 3. The van der Waals surface area contributed by atoms with Gasteiger partial charge in [0.15, 0.2) is 0 Å². The van der Waals surface area contributed by atoms with Gasteiger partial charge in [-0.2, -0.15) is 0 Å². The van der Waals surface area contributed by atoms with Crippen LogP contribution in [0.25, 0.3) is 0 Å². The molecular weight excluding hydrogens is 190 g/mol. The molecule has 1 unspecified atom stereocenters. The lowest BCUT2D eigenvalue weighted by Crippen LogP contribution is -2.24. The SMILES string of the molecule is C1CNCCC(OCC2CCOCC2)C1. The summed E-state index contributed by atoms with van der Waals surface area (Å²) in [6.45, 7) is 5.10. The Hall–Kier alpha value is -0.120. The molecule has 0 amide bonds. The fourth-order valence-electron chi connectivity index (χ4n) is 2.34. The Labute approximate surface area is 92.5 Å². The van der Waals surface area contributed by atoms with Gasteiger partial charge in [-0.3, -0.25) is 0 Å². The van der Waals surface area contributed by atoms with Crippen LogP contribution in [0.4, 0.5) is 0 Å². The summed E-state index contributed by atoms with van der Waals surface area (Å²) in [7, 11) is 0. The molecule has 88 valence electrons. The van der Waals surface area contributed by atoms with E-state index in [0.29, 0.717) is 6.10 Å². The molecule has 2 heterocycles. The molecule has 0 aromatic carbocycles. The van der Waals surface area contributed by atoms with Gasteiger partial charge in [0, 0.05) is 19.8 Å². The zero-order valence-electron chi connectivity index (χ0n) is 9.54. The zero-order valence-corrected chi connectivity index (χ0v) is 9.54. The summed E-state index contributed by atoms with van der Waals surface area (Å²) in [5.74, 6) is 0.745. The number of hydrogen-bond donors (Lipinski definition) is 1. The third-order valence-electron chi connectivity index (χ3n) is 3.43. The summed E-state index contributed by atoms with van der Waals surface area (Å²) < 4.78 is 11.4. The Kier molecular flexibility index (Phi) is 4.90. The van der Waals surface area contributed by atoms with Crippen LogP contribution in [-0.2, 0) is 9.47 Å². The molecule has 1 atom stereocenters. The fraction of sp³-hybridized carbons (Fsp3) is 1.00. The highest BCUT2D eigenvalue weighted by molar-refractivity contribution is 4.68. The lowest BCUT2D eigenvalue weighted by molar-refractivity contribution is -0.0144. The lowest BCUT2D eigenvalue weighted by atomic mass is 10.0. The monoisotopic (exact) mass is 213 g/mol. The number of ether oxygens (including phenoxy) is 2. The largest absolute Gasteiger partial charge is 0.381 e. The maximum Gasteiger partial charge on any atom is 0.0587 e. The van der Waals surface area contributed by atoms with Crippen LogP contribution in [0.15, 0.2) is 0 Å². The highest BCUT2D eigenvalue weighted by atomic mass is 16.5. The van der Waals surface area contributed by atoms with Gasteiger partial charge in [0.25, 0.3) is 0 Å². The highest BCUT2D eigenvalue weighted by Crippen LogP contribution is 2.17. The fourth-order valence-corrected chi connectivity index (χ4v) is 2.34. The first-order chi connectivity index (χ1) is 7.45. The van der Waals surface area contributed by atoms with Crippen molar-refractivity contribution in [3.05, 3.63) is 0 Å². The van der Waals surface area contributed by atoms with Crippen LogP contribution in [0.5, 0.6) is 0 Å². The van der Waals surface area contributed by atoms with E-state index in [9.17, 15) is 0 Å². The topological polar surface area (TPSA) is 30.5 Å². The van der Waals surface area contributed by atoms with Gasteiger partial charge in [-0.05, 0) is 51.1 Å². The molecule has 0 radical (unpaired) electrons. The van der Waals surface area contributed by atoms with Crippen LogP contribution >= 0.6 is 0 Å². The molecule has 3 nitrogen and oxygen atoms in total. The van der Waals surface area contributed by atoms with Crippen LogP contribution in [0.3, 0.4) is 0 Å². The van der Waals surface area contributed by atoms with E-state index >= 15 is 0 Å². The van der Waals surface area contributed by atoms with Gasteiger partial charge < -0.3 is 14.8 Å². The second-order valence-corrected chi connectivity index (χ2v) is 4.69. The lowest BCUT2D eigenvalue weighted by Gasteiger charge is -2.24. The Bertz CT molecular complexity index is 161. The molecule has 2 aliphatic heterocycles. The molecule has 0 aliphatic carbocycles. The Balaban J connectivity index is 1.62. The molecule has 15 heavy (non-hydrogen) atoms. The first-order valence-corrected chi connectivity index (χ1v) is 6.35. The van der Waals surface area contributed by atoms with E-state index in [0.717, 1.165) is 38.8 Å². The van der Waals surface area contributed by atoms with Crippen molar-refractivity contribution in [3.8, 4) is 0 Å². The van der Waals surface area contributed by atoms with Crippen LogP contribution in [-0.4, -0.2) is 39.0 Å². The first-order valence-electron chi connectivity index (χ1n) is 6.35. The number of rotatable bonds is 3. The molecule has 3 heteroatoms. The Morgan fingerprint density at radius 2 is 1.93 bits per heavy atom. The minimum absolute atomic E-state index is 0.503. The summed E-state index contributed by atoms with van der Waals surface area (Å²) in [5, 5.41) is 3.42. The van der Waals surface area contributed by atoms with Crippen molar-refractivity contribution in [3.63, 3.8) is 0 Å². The summed E-state index contributed by atoms with van der Waals surface area (Å²) in [4.78, 5) is 0. The van der Waals surface area contributed by atoms with Gasteiger partial charge in [0.05, 0.1) is 6.10 Å². The van der Waals surface area contributed by atoms with Gasteiger partial charge in [-0.25, -0.2) is 0 Å². The molecule has 2 rings (SSSR count). The van der Waals surface area contributed by atoms with E-state index in [2.05, 4.69) is 5.32 Å². The molecule has 0 bridgehead atoms. The average Bonchev–Trinajstić information content (AvgIpc) is 2.56. The van der Waals surface area contributed by atoms with E-state index in [4.69, 9.17) is 9.47 Å². The van der Waals surface area contributed by atoms with Gasteiger partial charge in [-0.1, -0.05) is 0 Å². The smallest absolute Gasteiger partial charge is 0.0587 e. The zero-order chi connectivity index (χ0) is 10.3. The Morgan fingerprint density at radius 1 is 1.07 bits per heavy atom. The molecule has 1 N–H and O–H groups in total. The third-order valence-corrected chi connectivity index (χ3v) is 3.43. The minimum atomic E-state index is 0.503. The third kappa shape index (κ3) is 4.09. The van der Waals surface area contributed by atoms with E-state index in [1.165, 1.54) is 32.1 Å². The van der Waals surface area contributed by atoms with E-state index < -0.39 is 0 Å². The van der Waals surface area contributed by atoms with E-state index in [-0.39, 0.29) is 0 Å². The average molecular weight is 213 g/mol. The van der Waals surface area contributed by atoms with E-state index in [1.54, 1.807) is 0 Å². The minimum Gasteiger partial charge on any atom is -0.381 e. The maximum atomic E-state index is 6.01. The normalized spacial score (nSPS) is 30.0. The standard InChI is InChI=1S/C12H23NO2/c1-2-12(3-7-13-6-1)15-10-11-4-8-14-9-5-11/h11-13H,1-10H2. The molecule has 2 fully saturated rings. The van der Waals surface area contributed by atoms with Gasteiger partial charge in [-0.15, -0.1) is 0 Å². The van der Waals surface area contributed by atoms with Crippen molar-refractivity contribution in [2.24, 2.45) is 5.92 Å². The van der Waals surface area contributed by atoms with Gasteiger partial charge in [0.1, 0.15) is 0 Å². The second kappa shape index (κ2) is 6.46. The predicted octanol–water partition coefficient (Wildman–Crippen LogP) is 1.57. The summed E-state index contributed by atoms with van der Waals surface area (Å²) in [5.41, 5.74) is 0. The predicted molar refractivity (Wildman–Crippen MR) is 60.0 cm³/mol. The summed E-state index contributed by atoms with van der Waals surface area (Å²) in [6.07, 6.45) is 6.55. The second-order valence-electron chi connectivity index (χ2n) is 4.69. The molecule has 0 aromatic rings. The molecular formula is C12H23NO2. The van der Waals surface area contributed by atoms with Crippen molar-refractivity contribution < 1.29 is 9.47 Å². The molecule has 0 spiro atoms. The molecule has 2 aliphatic rings. The Morgan fingerprint density at radius 3 is 2.80 bits per heavy atom. The van der Waals surface area contributed by atoms with Crippen molar-refractivity contribution in [1.29, 1.82) is 0 Å². The molecule has 2 saturated heterocycles. The van der Waals surface area contributed by atoms with Crippen molar-refractivity contribution in [2.45, 2.75) is 38.2 Å². The van der Waals surface area contributed by atoms with Gasteiger partial charge >= 0.3 is 0 Å². The summed E-state index contributed by atoms with van der Waals surface area (Å²) in [6, 6.07) is 0. The van der Waals surface area contributed by atoms with Crippen molar-refractivity contribution in [2.75, 3.05) is 32.9 Å². The number of nitrogens with one attached hydrogen (secondary N) is 1. The van der Waals surface area contributed by atoms with Crippen LogP contribution in [0.1, 0.15) is 32.1 Å². The van der Waals surface area contributed by atoms with Crippen LogP contribution < -0.4 is 5.32 Å². The summed E-state index contributed by atoms with van der Waals surface area (Å²) >= 11 is 0. The quantitative estimate of drug-likeness (QED) is 0.772. The van der Waals surface area contributed by atoms with Gasteiger partial charge in [0.2, 0.25) is 0 Å².